The molecule has 0 aliphatic heterocycles. The molecule has 87 heavy (non-hydrogen) atoms. The number of hydrogen-bond donors (Lipinski definition) is 3. The van der Waals surface area contributed by atoms with Crippen LogP contribution in [-0.4, -0.2) is 28.0 Å². The number of nitrogens with one attached hydrogen (secondary N) is 3. The number of benzene rings is 6. The Kier molecular flexibility index (Phi) is 32.6. The van der Waals surface area contributed by atoms with E-state index in [2.05, 4.69) is 182 Å². The summed E-state index contributed by atoms with van der Waals surface area (Å²) in [6.07, 6.45) is 6.82. The number of carbonyl (C=O) groups is 3. The first-order valence-corrected chi connectivity index (χ1v) is 30.3. The van der Waals surface area contributed by atoms with Crippen LogP contribution in [-0.2, 0) is 16.2 Å². The fraction of sp³-hybridized carbons (Fsp3) is 0.191. The number of thiophene rings is 3. The summed E-state index contributed by atoms with van der Waals surface area (Å²) in [5.74, 6) is 2.52. The predicted octanol–water partition coefficient (Wildman–Crippen LogP) is 10.6. The number of rotatable bonds is 6. The Bertz CT molecular complexity index is 3580. The van der Waals surface area contributed by atoms with Crippen LogP contribution in [0.15, 0.2) is 192 Å². The third-order valence-corrected chi connectivity index (χ3v) is 16.0. The third-order valence-electron chi connectivity index (χ3n) is 11.7. The number of furan rings is 1. The van der Waals surface area contributed by atoms with Crippen molar-refractivity contribution in [2.75, 3.05) is 16.0 Å². The Balaban J connectivity index is 0.000000229. The molecule has 0 spiro atoms. The quantitative estimate of drug-likeness (QED) is 0.110. The van der Waals surface area contributed by atoms with Gasteiger partial charge in [0, 0.05) is 23.0 Å². The van der Waals surface area contributed by atoms with Crippen LogP contribution >= 0.6 is 65.9 Å². The molecule has 0 bridgehead atoms. The van der Waals surface area contributed by atoms with Crippen molar-refractivity contribution >= 4 is 131 Å². The molecular weight excluding hydrogens is 1360 g/mol. The molecular formula is C68H61Br2K3N5O6S3-3. The van der Waals surface area contributed by atoms with Gasteiger partial charge in [-0.05, 0) is 124 Å². The van der Waals surface area contributed by atoms with E-state index in [-0.39, 0.29) is 188 Å². The summed E-state index contributed by atoms with van der Waals surface area (Å²) in [7, 11) is 0. The molecule has 0 saturated heterocycles. The SMILES string of the molecule is CC(C)(C)c1c[c-]co1.CC(C)(C)c1c[c-]no1.CC(C)(C)c1c[c-]no1.Cc1ccc2sc(C(=O)Nc3cc[c-]cc3)cc2c1.O=C(Nc1cc[c-]cc1)c1cc2cc(Br)ccc2s1.O=C(Nc1cc[c-]cc1)c1cc2cc(Br)ccc2s1.[K+].[K+].[K+]. The number of anilines is 3. The molecule has 6 aromatic carbocycles. The van der Waals surface area contributed by atoms with Crippen molar-refractivity contribution < 1.29 is 182 Å². The van der Waals surface area contributed by atoms with Crippen molar-refractivity contribution in [1.29, 1.82) is 0 Å². The molecule has 0 radical (unpaired) electrons. The first-order chi connectivity index (χ1) is 40.0. The number of amides is 3. The molecule has 19 heteroatoms. The summed E-state index contributed by atoms with van der Waals surface area (Å²) >= 11 is 11.4. The van der Waals surface area contributed by atoms with Crippen molar-refractivity contribution in [3.05, 3.63) is 253 Å². The Labute approximate surface area is 666 Å². The number of nitrogens with zero attached hydrogens (tertiary/aromatic N) is 2. The largest absolute Gasteiger partial charge is 1.00 e. The van der Waals surface area contributed by atoms with Gasteiger partial charge in [-0.3, -0.25) is 14.4 Å². The summed E-state index contributed by atoms with van der Waals surface area (Å²) in [5, 5.41) is 18.9. The van der Waals surface area contributed by atoms with Crippen LogP contribution in [0.2, 0.25) is 0 Å². The predicted molar refractivity (Wildman–Crippen MR) is 350 cm³/mol. The molecule has 0 fully saturated rings. The average Bonchev–Trinajstić information content (AvgIpc) is 3.09. The Morgan fingerprint density at radius 3 is 1.05 bits per heavy atom. The van der Waals surface area contributed by atoms with Crippen LogP contribution in [0.4, 0.5) is 17.1 Å². The van der Waals surface area contributed by atoms with Crippen molar-refractivity contribution in [2.45, 2.75) is 85.5 Å². The first-order valence-electron chi connectivity index (χ1n) is 26.3. The Morgan fingerprint density at radius 2 is 0.770 bits per heavy atom. The van der Waals surface area contributed by atoms with Gasteiger partial charge in [0.2, 0.25) is 0 Å². The zero-order chi connectivity index (χ0) is 60.4. The van der Waals surface area contributed by atoms with Gasteiger partial charge in [-0.25, -0.2) is 16.4 Å². The van der Waals surface area contributed by atoms with E-state index in [0.717, 1.165) is 78.4 Å². The van der Waals surface area contributed by atoms with Gasteiger partial charge >= 0.3 is 154 Å². The van der Waals surface area contributed by atoms with Crippen LogP contribution in [0, 0.1) is 43.6 Å². The minimum absolute atomic E-state index is 0. The topological polar surface area (TPSA) is 152 Å². The molecule has 0 saturated carbocycles. The van der Waals surface area contributed by atoms with E-state index in [1.165, 1.54) is 39.6 Å². The molecule has 0 aliphatic rings. The molecule has 0 aliphatic carbocycles. The van der Waals surface area contributed by atoms with Gasteiger partial charge in [-0.15, -0.1) is 82.8 Å². The molecule has 12 rings (SSSR count). The second-order valence-corrected chi connectivity index (χ2v) is 26.9. The average molecular weight is 1420 g/mol. The zero-order valence-corrected chi connectivity index (χ0v) is 66.0. The number of fused-ring (bicyclic) bond motifs is 3. The molecule has 0 unspecified atom stereocenters. The van der Waals surface area contributed by atoms with Crippen molar-refractivity contribution in [1.82, 2.24) is 10.3 Å². The summed E-state index contributed by atoms with van der Waals surface area (Å²) < 4.78 is 20.3. The molecule has 0 atom stereocenters. The molecule has 6 heterocycles. The number of aromatic nitrogens is 2. The monoisotopic (exact) mass is 1410 g/mol. The number of halogens is 2. The fourth-order valence-corrected chi connectivity index (χ4v) is 10.8. The van der Waals surface area contributed by atoms with E-state index in [1.54, 1.807) is 54.8 Å². The maximum atomic E-state index is 12.2. The zero-order valence-electron chi connectivity index (χ0n) is 51.0. The minimum atomic E-state index is -0.0801. The van der Waals surface area contributed by atoms with E-state index >= 15 is 0 Å². The standard InChI is InChI=1S/C16H12NOS.2C15H9BrNOS.C8H11O.2C7H10NO.3K/c1-11-7-8-14-12(9-11)10-15(19-14)16(18)17-13-5-3-2-4-6-13;2*16-11-6-7-13-10(8-11)9-14(19-13)15(18)17-12-4-2-1-3-5-12;1-8(2,3)7-5-4-6-9-7;2*1-7(2,3)6-4-5-8-9-6;;;/h3-10H,1H3,(H,17,18);2*2-9H,(H,17,18);5-6H,1-3H3;2*4H,1-3H3;;;/q6*-1;3*+1. The number of hydrogen-bond acceptors (Lipinski definition) is 11. The smallest absolute Gasteiger partial charge is 0.573 e. The van der Waals surface area contributed by atoms with Crippen molar-refractivity contribution in [2.24, 2.45) is 0 Å². The Morgan fingerprint density at radius 1 is 0.437 bits per heavy atom. The summed E-state index contributed by atoms with van der Waals surface area (Å²) in [4.78, 5) is 38.6. The molecule has 3 N–H and O–H groups in total. The van der Waals surface area contributed by atoms with Gasteiger partial charge in [0.1, 0.15) is 0 Å². The van der Waals surface area contributed by atoms with Crippen LogP contribution in [0.5, 0.6) is 0 Å². The first kappa shape index (κ1) is 76.6. The van der Waals surface area contributed by atoms with Crippen LogP contribution in [0.25, 0.3) is 30.3 Å². The van der Waals surface area contributed by atoms with E-state index in [0.29, 0.717) is 9.75 Å². The number of carbonyl (C=O) groups excluding carboxylic acids is 3. The summed E-state index contributed by atoms with van der Waals surface area (Å²) in [6, 6.07) is 62.6. The third kappa shape index (κ3) is 25.3. The van der Waals surface area contributed by atoms with Crippen LogP contribution in [0.1, 0.15) is 114 Å². The van der Waals surface area contributed by atoms with Crippen molar-refractivity contribution in [3.8, 4) is 0 Å². The van der Waals surface area contributed by atoms with Gasteiger partial charge in [0.25, 0.3) is 17.7 Å². The minimum Gasteiger partial charge on any atom is -0.573 e. The normalized spacial score (nSPS) is 10.6. The fourth-order valence-electron chi connectivity index (χ4n) is 7.23. The van der Waals surface area contributed by atoms with Gasteiger partial charge < -0.3 is 29.4 Å². The number of aryl methyl sites for hydroxylation is 1. The Hall–Kier alpha value is -2.82. The molecule has 3 amide bonds. The second kappa shape index (κ2) is 37.0. The molecule has 11 nitrogen and oxygen atoms in total. The van der Waals surface area contributed by atoms with E-state index in [4.69, 9.17) is 13.5 Å². The summed E-state index contributed by atoms with van der Waals surface area (Å²) in [6.45, 7) is 20.8. The molecule has 432 valence electrons. The van der Waals surface area contributed by atoms with E-state index in [9.17, 15) is 14.4 Å². The van der Waals surface area contributed by atoms with Crippen LogP contribution in [0.3, 0.4) is 0 Å². The van der Waals surface area contributed by atoms with E-state index < -0.39 is 0 Å². The van der Waals surface area contributed by atoms with Crippen molar-refractivity contribution in [3.63, 3.8) is 0 Å². The maximum absolute atomic E-state index is 12.2. The molecule has 6 aromatic heterocycles. The second-order valence-electron chi connectivity index (χ2n) is 21.8. The summed E-state index contributed by atoms with van der Waals surface area (Å²) in [5.41, 5.74) is 3.80. The van der Waals surface area contributed by atoms with Gasteiger partial charge in [0.05, 0.1) is 14.6 Å². The van der Waals surface area contributed by atoms with Gasteiger partial charge in [-0.1, -0.05) is 129 Å². The van der Waals surface area contributed by atoms with E-state index in [1.807, 2.05) is 97.1 Å². The molecule has 12 aromatic rings. The van der Waals surface area contributed by atoms with Gasteiger partial charge in [-0.2, -0.15) is 72.8 Å². The maximum Gasteiger partial charge on any atom is 1.00 e. The van der Waals surface area contributed by atoms with Gasteiger partial charge in [0.15, 0.2) is 0 Å². The van der Waals surface area contributed by atoms with Crippen LogP contribution < -0.4 is 170 Å².